The van der Waals surface area contributed by atoms with Gasteiger partial charge in [-0.25, -0.2) is 0 Å². The van der Waals surface area contributed by atoms with Crippen LogP contribution in [0, 0.1) is 0 Å². The highest BCUT2D eigenvalue weighted by atomic mass is 32.2. The van der Waals surface area contributed by atoms with Crippen molar-refractivity contribution in [2.45, 2.75) is 9.79 Å². The van der Waals surface area contributed by atoms with Crippen molar-refractivity contribution < 1.29 is 31.9 Å². The van der Waals surface area contributed by atoms with Gasteiger partial charge in [0.15, 0.2) is 0 Å². The molecule has 0 aliphatic rings. The Hall–Kier alpha value is -4.56. The smallest absolute Gasteiger partial charge is 0.295 e. The van der Waals surface area contributed by atoms with Crippen molar-refractivity contribution in [3.63, 3.8) is 0 Å². The van der Waals surface area contributed by atoms with Crippen molar-refractivity contribution in [1.82, 2.24) is 0 Å². The number of phenols is 2. The highest BCUT2D eigenvalue weighted by Crippen LogP contribution is 2.29. The number of azo groups is 2. The van der Waals surface area contributed by atoms with Gasteiger partial charge in [-0.2, -0.15) is 28.9 Å². The third-order valence-electron chi connectivity index (χ3n) is 5.16. The lowest BCUT2D eigenvalue weighted by Crippen LogP contribution is -2.00. The number of hydrogen-bond acceptors (Lipinski definition) is 10. The maximum atomic E-state index is 12.0. The molecule has 13 heteroatoms. The summed E-state index contributed by atoms with van der Waals surface area (Å²) in [6, 6.07) is 20.1. The minimum absolute atomic E-state index is 0.0517. The molecule has 0 spiro atoms. The summed E-state index contributed by atoms with van der Waals surface area (Å²) in [5.74, 6) is 0.121. The number of phenolic OH excluding ortho intramolecular Hbond substituents is 2. The van der Waals surface area contributed by atoms with Crippen LogP contribution in [-0.4, -0.2) is 31.9 Å². The maximum Gasteiger partial charge on any atom is 0.295 e. The SMILES string of the molecule is O=S([O-])c1cc(N=Nc2ccc(O)cc2)ccc1/C=C/c1ccc(N=Nc2ccc(O)cc2)cc1S(=O)(=O)O. The first-order valence-electron chi connectivity index (χ1n) is 11.0. The normalized spacial score (nSPS) is 13.0. The summed E-state index contributed by atoms with van der Waals surface area (Å²) in [4.78, 5) is -0.564. The standard InChI is InChI=1S/C26H20N4O7S2/c31-23-11-7-19(8-12-23)27-29-21-5-3-17(25(15-21)38(33)34)1-2-18-4-6-22(16-26(18)39(35,36)37)30-28-20-9-13-24(32)14-10-20/h1-16,31-32H,(H,33,34)(H,35,36,37)/p-1/b2-1+,29-27?,30-28?. The number of rotatable bonds is 8. The van der Waals surface area contributed by atoms with Crippen molar-refractivity contribution in [3.8, 4) is 11.5 Å². The Kier molecular flexibility index (Phi) is 8.36. The number of benzene rings is 4. The topological polar surface area (TPSA) is 184 Å². The molecule has 0 saturated carbocycles. The lowest BCUT2D eigenvalue weighted by Gasteiger charge is -2.10. The van der Waals surface area contributed by atoms with Gasteiger partial charge in [0.1, 0.15) is 16.4 Å². The van der Waals surface area contributed by atoms with Crippen LogP contribution in [0.15, 0.2) is 115 Å². The fourth-order valence-corrected chi connectivity index (χ4v) is 4.51. The molecule has 0 bridgehead atoms. The van der Waals surface area contributed by atoms with E-state index in [-0.39, 0.29) is 38.9 Å². The summed E-state index contributed by atoms with van der Waals surface area (Å²) in [6.07, 6.45) is 2.72. The third-order valence-corrected chi connectivity index (χ3v) is 6.78. The molecule has 4 rings (SSSR count). The summed E-state index contributed by atoms with van der Waals surface area (Å²) < 4.78 is 57.6. The van der Waals surface area contributed by atoms with E-state index in [4.69, 9.17) is 0 Å². The van der Waals surface area contributed by atoms with E-state index in [1.165, 1.54) is 91.0 Å². The number of nitrogens with zero attached hydrogens (tertiary/aromatic N) is 4. The first-order valence-corrected chi connectivity index (χ1v) is 13.5. The Bertz CT molecular complexity index is 1720. The van der Waals surface area contributed by atoms with Gasteiger partial charge in [0.25, 0.3) is 10.1 Å². The van der Waals surface area contributed by atoms with Crippen molar-refractivity contribution in [1.29, 1.82) is 0 Å². The van der Waals surface area contributed by atoms with Gasteiger partial charge in [-0.1, -0.05) is 24.3 Å². The van der Waals surface area contributed by atoms with Crippen LogP contribution in [0.4, 0.5) is 22.7 Å². The molecule has 0 aliphatic heterocycles. The molecule has 0 heterocycles. The lowest BCUT2D eigenvalue weighted by molar-refractivity contribution is 0.475. The van der Waals surface area contributed by atoms with E-state index >= 15 is 0 Å². The molecular weight excluding hydrogens is 544 g/mol. The Morgan fingerprint density at radius 3 is 1.54 bits per heavy atom. The Morgan fingerprint density at radius 2 is 1.05 bits per heavy atom. The minimum Gasteiger partial charge on any atom is -0.768 e. The van der Waals surface area contributed by atoms with Gasteiger partial charge in [-0.3, -0.25) is 8.76 Å². The van der Waals surface area contributed by atoms with Crippen molar-refractivity contribution >= 4 is 56.1 Å². The highest BCUT2D eigenvalue weighted by molar-refractivity contribution is 7.86. The van der Waals surface area contributed by atoms with Gasteiger partial charge < -0.3 is 14.8 Å². The monoisotopic (exact) mass is 563 g/mol. The minimum atomic E-state index is -4.67. The summed E-state index contributed by atoms with van der Waals surface area (Å²) in [5, 5.41) is 34.6. The molecule has 0 saturated heterocycles. The molecule has 11 nitrogen and oxygen atoms in total. The predicted molar refractivity (Wildman–Crippen MR) is 143 cm³/mol. The molecular formula is C26H19N4O7S2-. The molecule has 4 aromatic carbocycles. The van der Waals surface area contributed by atoms with Gasteiger partial charge in [0.05, 0.1) is 22.7 Å². The second-order valence-electron chi connectivity index (χ2n) is 7.92. The van der Waals surface area contributed by atoms with Gasteiger partial charge in [-0.15, -0.1) is 0 Å². The summed E-state index contributed by atoms with van der Waals surface area (Å²) in [7, 11) is -4.67. The second kappa shape index (κ2) is 11.9. The molecule has 0 fully saturated rings. The van der Waals surface area contributed by atoms with Crippen molar-refractivity contribution in [2.24, 2.45) is 20.5 Å². The molecule has 39 heavy (non-hydrogen) atoms. The molecule has 0 aliphatic carbocycles. The van der Waals surface area contributed by atoms with Crippen molar-refractivity contribution in [3.05, 3.63) is 96.1 Å². The number of aromatic hydroxyl groups is 2. The molecule has 198 valence electrons. The van der Waals surface area contributed by atoms with E-state index in [1.807, 2.05) is 0 Å². The molecule has 3 N–H and O–H groups in total. The van der Waals surface area contributed by atoms with Crippen LogP contribution in [0.5, 0.6) is 11.5 Å². The lowest BCUT2D eigenvalue weighted by atomic mass is 10.1. The summed E-state index contributed by atoms with van der Waals surface area (Å²) in [5.41, 5.74) is 1.57. The van der Waals surface area contributed by atoms with Crippen LogP contribution in [-0.2, 0) is 21.2 Å². The average molecular weight is 564 g/mol. The van der Waals surface area contributed by atoms with Crippen LogP contribution in [0.2, 0.25) is 0 Å². The maximum absolute atomic E-state index is 12.0. The van der Waals surface area contributed by atoms with Crippen LogP contribution in [0.25, 0.3) is 12.2 Å². The van der Waals surface area contributed by atoms with Crippen molar-refractivity contribution in [2.75, 3.05) is 0 Å². The molecule has 0 aromatic heterocycles. The molecule has 0 radical (unpaired) electrons. The van der Waals surface area contributed by atoms with Crippen LogP contribution >= 0.6 is 0 Å². The second-order valence-corrected chi connectivity index (χ2v) is 10.2. The Labute approximate surface area is 225 Å². The molecule has 4 aromatic rings. The molecule has 1 atom stereocenters. The van der Waals surface area contributed by atoms with Crippen LogP contribution < -0.4 is 0 Å². The quantitative estimate of drug-likeness (QED) is 0.0934. The molecule has 0 amide bonds. The first-order chi connectivity index (χ1) is 18.6. The zero-order valence-corrected chi connectivity index (χ0v) is 21.5. The zero-order valence-electron chi connectivity index (χ0n) is 19.8. The zero-order chi connectivity index (χ0) is 28.0. The van der Waals surface area contributed by atoms with E-state index in [0.717, 1.165) is 6.07 Å². The van der Waals surface area contributed by atoms with Gasteiger partial charge in [-0.05, 0) is 95.0 Å². The van der Waals surface area contributed by atoms with Crippen LogP contribution in [0.3, 0.4) is 0 Å². The first kappa shape index (κ1) is 27.5. The van der Waals surface area contributed by atoms with E-state index in [0.29, 0.717) is 11.4 Å². The van der Waals surface area contributed by atoms with E-state index in [9.17, 15) is 31.9 Å². The van der Waals surface area contributed by atoms with Gasteiger partial charge >= 0.3 is 0 Å². The molecule has 1 unspecified atom stereocenters. The van der Waals surface area contributed by atoms with Gasteiger partial charge in [0.2, 0.25) is 0 Å². The fourth-order valence-electron chi connectivity index (χ4n) is 3.26. The Morgan fingerprint density at radius 1 is 0.641 bits per heavy atom. The predicted octanol–water partition coefficient (Wildman–Crippen LogP) is 6.58. The average Bonchev–Trinajstić information content (AvgIpc) is 2.91. The summed E-state index contributed by atoms with van der Waals surface area (Å²) in [6.45, 7) is 0. The van der Waals surface area contributed by atoms with E-state index in [2.05, 4.69) is 20.5 Å². The van der Waals surface area contributed by atoms with E-state index in [1.54, 1.807) is 0 Å². The Balaban J connectivity index is 1.62. The fraction of sp³-hybridized carbons (Fsp3) is 0. The van der Waals surface area contributed by atoms with Gasteiger partial charge in [0, 0.05) is 4.90 Å². The number of hydrogen-bond donors (Lipinski definition) is 3. The van der Waals surface area contributed by atoms with Crippen LogP contribution in [0.1, 0.15) is 11.1 Å². The highest BCUT2D eigenvalue weighted by Gasteiger charge is 2.15. The van der Waals surface area contributed by atoms with E-state index < -0.39 is 26.1 Å². The largest absolute Gasteiger partial charge is 0.768 e. The summed E-state index contributed by atoms with van der Waals surface area (Å²) >= 11 is -2.66. The third kappa shape index (κ3) is 7.49.